The first-order valence-corrected chi connectivity index (χ1v) is 12.0. The van der Waals surface area contributed by atoms with Gasteiger partial charge in [0.15, 0.2) is 5.78 Å². The molecular weight excluding hydrogens is 445 g/mol. The normalized spacial score (nSPS) is 20.9. The predicted molar refractivity (Wildman–Crippen MR) is 119 cm³/mol. The number of Topliss-reactive ketones (excluding diaryl/α,β-unsaturated/α-hetero) is 1. The minimum atomic E-state index is -3.80. The maximum atomic E-state index is 13.4. The van der Waals surface area contributed by atoms with Crippen LogP contribution in [-0.4, -0.2) is 25.4 Å². The van der Waals surface area contributed by atoms with Crippen LogP contribution in [0, 0.1) is 5.41 Å². The van der Waals surface area contributed by atoms with Crippen molar-refractivity contribution in [2.24, 2.45) is 5.41 Å². The van der Waals surface area contributed by atoms with Gasteiger partial charge in [0.2, 0.25) is 10.0 Å². The summed E-state index contributed by atoms with van der Waals surface area (Å²) >= 11 is 12.6. The quantitative estimate of drug-likeness (QED) is 0.677. The van der Waals surface area contributed by atoms with Gasteiger partial charge in [0.05, 0.1) is 23.8 Å². The number of anilines is 2. The Hall–Kier alpha value is -2.09. The Morgan fingerprint density at radius 2 is 1.93 bits per heavy atom. The molecule has 158 valence electrons. The van der Waals surface area contributed by atoms with Crippen LogP contribution in [0.3, 0.4) is 0 Å². The number of nitrogens with zero attached hydrogens (tertiary/aromatic N) is 2. The van der Waals surface area contributed by atoms with E-state index in [0.29, 0.717) is 51.1 Å². The van der Waals surface area contributed by atoms with E-state index in [-0.39, 0.29) is 11.2 Å². The number of halogens is 2. The van der Waals surface area contributed by atoms with Crippen molar-refractivity contribution in [3.05, 3.63) is 63.5 Å². The third-order valence-corrected chi connectivity index (χ3v) is 7.05. The Labute approximate surface area is 185 Å². The van der Waals surface area contributed by atoms with Crippen LogP contribution in [0.2, 0.25) is 10.0 Å². The lowest BCUT2D eigenvalue weighted by Crippen LogP contribution is -2.39. The molecule has 9 heteroatoms. The van der Waals surface area contributed by atoms with Gasteiger partial charge in [0.1, 0.15) is 6.04 Å². The minimum absolute atomic E-state index is 0.112. The number of carbonyl (C=O) groups excluding carboxylic acids is 1. The molecule has 1 aromatic heterocycles. The van der Waals surface area contributed by atoms with Crippen LogP contribution in [0.1, 0.15) is 38.3 Å². The maximum Gasteiger partial charge on any atom is 0.233 e. The largest absolute Gasteiger partial charge is 0.355 e. The van der Waals surface area contributed by atoms with Crippen molar-refractivity contribution in [2.45, 2.75) is 32.7 Å². The van der Waals surface area contributed by atoms with E-state index in [1.54, 1.807) is 30.5 Å². The molecule has 0 spiro atoms. The first-order valence-electron chi connectivity index (χ1n) is 9.39. The molecule has 1 unspecified atom stereocenters. The first kappa shape index (κ1) is 21.2. The monoisotopic (exact) mass is 465 g/mol. The van der Waals surface area contributed by atoms with Crippen LogP contribution in [0.15, 0.2) is 47.9 Å². The zero-order valence-electron chi connectivity index (χ0n) is 16.7. The summed E-state index contributed by atoms with van der Waals surface area (Å²) in [6, 6.07) is 5.58. The van der Waals surface area contributed by atoms with Crippen molar-refractivity contribution in [2.75, 3.05) is 15.9 Å². The summed E-state index contributed by atoms with van der Waals surface area (Å²) in [7, 11) is -3.80. The highest BCUT2D eigenvalue weighted by atomic mass is 35.5. The fourth-order valence-corrected chi connectivity index (χ4v) is 5.86. The zero-order chi connectivity index (χ0) is 21.8. The molecule has 0 saturated heterocycles. The summed E-state index contributed by atoms with van der Waals surface area (Å²) in [5, 5.41) is 4.02. The van der Waals surface area contributed by atoms with E-state index in [0.717, 1.165) is 6.26 Å². The van der Waals surface area contributed by atoms with E-state index in [1.807, 2.05) is 13.8 Å². The molecule has 1 aromatic carbocycles. The number of hydrogen-bond acceptors (Lipinski definition) is 5. The van der Waals surface area contributed by atoms with Crippen molar-refractivity contribution < 1.29 is 13.2 Å². The molecule has 1 N–H and O–H groups in total. The lowest BCUT2D eigenvalue weighted by atomic mass is 9.73. The Kier molecular flexibility index (Phi) is 5.11. The summed E-state index contributed by atoms with van der Waals surface area (Å²) in [5.41, 5.74) is 2.25. The number of sulfonamides is 1. The standard InChI is InChI=1S/C21H21Cl2N3O3S/c1-21(2)9-15-19(18(27)10-21)20(13-5-4-12(22)8-14(13)23)26(30(3,28)29)17-6-7-24-11-16(17)25-15/h4-8,11,20,25H,9-10H2,1-3H3. The number of fused-ring (bicyclic) bond motifs is 1. The summed E-state index contributed by atoms with van der Waals surface area (Å²) in [5.74, 6) is -0.112. The molecule has 6 nitrogen and oxygen atoms in total. The number of aromatic nitrogens is 1. The van der Waals surface area contributed by atoms with Crippen molar-refractivity contribution in [1.82, 2.24) is 4.98 Å². The fourth-order valence-electron chi connectivity index (χ4n) is 4.23. The highest BCUT2D eigenvalue weighted by Gasteiger charge is 2.44. The van der Waals surface area contributed by atoms with E-state index < -0.39 is 16.1 Å². The third kappa shape index (κ3) is 3.70. The van der Waals surface area contributed by atoms with Crippen LogP contribution in [0.25, 0.3) is 0 Å². The van der Waals surface area contributed by atoms with E-state index in [2.05, 4.69) is 10.3 Å². The zero-order valence-corrected chi connectivity index (χ0v) is 19.1. The molecule has 1 aliphatic heterocycles. The van der Waals surface area contributed by atoms with Crippen LogP contribution < -0.4 is 9.62 Å². The van der Waals surface area contributed by atoms with Gasteiger partial charge in [-0.25, -0.2) is 8.42 Å². The number of hydrogen-bond donors (Lipinski definition) is 1. The molecule has 1 atom stereocenters. The highest BCUT2D eigenvalue weighted by molar-refractivity contribution is 7.92. The first-order chi connectivity index (χ1) is 14.0. The number of nitrogens with one attached hydrogen (secondary N) is 1. The lowest BCUT2D eigenvalue weighted by Gasteiger charge is -2.37. The Bertz CT molecular complexity index is 1190. The summed E-state index contributed by atoms with van der Waals surface area (Å²) in [4.78, 5) is 17.5. The van der Waals surface area contributed by atoms with Gasteiger partial charge >= 0.3 is 0 Å². The molecule has 0 fully saturated rings. The van der Waals surface area contributed by atoms with E-state index in [1.165, 1.54) is 10.5 Å². The van der Waals surface area contributed by atoms with Gasteiger partial charge in [-0.1, -0.05) is 43.1 Å². The topological polar surface area (TPSA) is 79.4 Å². The number of rotatable bonds is 2. The number of carbonyl (C=O) groups is 1. The molecule has 0 amide bonds. The molecule has 2 heterocycles. The van der Waals surface area contributed by atoms with Gasteiger partial charge in [-0.3, -0.25) is 14.1 Å². The third-order valence-electron chi connectivity index (χ3n) is 5.36. The minimum Gasteiger partial charge on any atom is -0.355 e. The molecule has 2 aliphatic rings. The van der Waals surface area contributed by atoms with Crippen LogP contribution in [0.5, 0.6) is 0 Å². The summed E-state index contributed by atoms with van der Waals surface area (Å²) in [6.45, 7) is 4.04. The van der Waals surface area contributed by atoms with Gasteiger partial charge in [-0.15, -0.1) is 0 Å². The van der Waals surface area contributed by atoms with Gasteiger partial charge in [-0.2, -0.15) is 0 Å². The SMILES string of the molecule is CC1(C)CC(=O)C2=C(C1)Nc1cnccc1N(S(C)(=O)=O)C2c1ccc(Cl)cc1Cl. The van der Waals surface area contributed by atoms with E-state index >= 15 is 0 Å². The average molecular weight is 466 g/mol. The lowest BCUT2D eigenvalue weighted by molar-refractivity contribution is -0.118. The summed E-state index contributed by atoms with van der Waals surface area (Å²) in [6.07, 6.45) is 5.10. The second kappa shape index (κ2) is 7.25. The van der Waals surface area contributed by atoms with Crippen molar-refractivity contribution in [1.29, 1.82) is 0 Å². The average Bonchev–Trinajstić information content (AvgIpc) is 2.74. The van der Waals surface area contributed by atoms with E-state index in [4.69, 9.17) is 23.2 Å². The number of allylic oxidation sites excluding steroid dienone is 1. The second-order valence-corrected chi connectivity index (χ2v) is 11.2. The number of ketones is 1. The molecule has 0 bridgehead atoms. The van der Waals surface area contributed by atoms with Crippen molar-refractivity contribution in [3.8, 4) is 0 Å². The molecule has 1 aliphatic carbocycles. The molecule has 30 heavy (non-hydrogen) atoms. The fraction of sp³-hybridized carbons (Fsp3) is 0.333. The Morgan fingerprint density at radius 1 is 1.20 bits per heavy atom. The van der Waals surface area contributed by atoms with Gasteiger partial charge < -0.3 is 5.32 Å². The highest BCUT2D eigenvalue weighted by Crippen LogP contribution is 2.50. The molecule has 4 rings (SSSR count). The van der Waals surface area contributed by atoms with Crippen LogP contribution >= 0.6 is 23.2 Å². The van der Waals surface area contributed by atoms with Crippen molar-refractivity contribution >= 4 is 50.4 Å². The van der Waals surface area contributed by atoms with Crippen LogP contribution in [-0.2, 0) is 14.8 Å². The van der Waals surface area contributed by atoms with Gasteiger partial charge in [0.25, 0.3) is 0 Å². The smallest absolute Gasteiger partial charge is 0.233 e. The number of pyridine rings is 1. The van der Waals surface area contributed by atoms with Crippen molar-refractivity contribution in [3.63, 3.8) is 0 Å². The van der Waals surface area contributed by atoms with Crippen LogP contribution in [0.4, 0.5) is 11.4 Å². The second-order valence-electron chi connectivity index (χ2n) is 8.48. The molecule has 2 aromatic rings. The molecule has 0 radical (unpaired) electrons. The Morgan fingerprint density at radius 3 is 2.60 bits per heavy atom. The van der Waals surface area contributed by atoms with Gasteiger partial charge in [-0.05, 0) is 35.6 Å². The number of benzene rings is 1. The van der Waals surface area contributed by atoms with Gasteiger partial charge in [0, 0.05) is 33.9 Å². The Balaban J connectivity index is 2.08. The molecule has 0 saturated carbocycles. The molecular formula is C21H21Cl2N3O3S. The van der Waals surface area contributed by atoms with E-state index in [9.17, 15) is 13.2 Å². The maximum absolute atomic E-state index is 13.4. The summed E-state index contributed by atoms with van der Waals surface area (Å²) < 4.78 is 27.3. The predicted octanol–water partition coefficient (Wildman–Crippen LogP) is 4.96.